The molecule has 1 atom stereocenters. The molecule has 15 heavy (non-hydrogen) atoms. The fourth-order valence-electron chi connectivity index (χ4n) is 1.33. The summed E-state index contributed by atoms with van der Waals surface area (Å²) in [5, 5.41) is 0. The van der Waals surface area contributed by atoms with Crippen LogP contribution in [0.15, 0.2) is 24.3 Å². The maximum Gasteiger partial charge on any atom is 0.221 e. The van der Waals surface area contributed by atoms with Gasteiger partial charge in [0.15, 0.2) is 0 Å². The van der Waals surface area contributed by atoms with Crippen LogP contribution in [0.3, 0.4) is 0 Å². The highest BCUT2D eigenvalue weighted by Crippen LogP contribution is 2.20. The highest BCUT2D eigenvalue weighted by molar-refractivity contribution is 5.77. The zero-order valence-electron chi connectivity index (χ0n) is 8.31. The van der Waals surface area contributed by atoms with Gasteiger partial charge in [0.25, 0.3) is 0 Å². The smallest absolute Gasteiger partial charge is 0.221 e. The van der Waals surface area contributed by atoms with Crippen LogP contribution in [-0.2, 0) is 16.0 Å². The number of benzene rings is 1. The number of carbonyl (C=O) groups excluding carboxylic acids is 1. The molecule has 0 saturated carbocycles. The molecule has 1 fully saturated rings. The summed E-state index contributed by atoms with van der Waals surface area (Å²) in [6.07, 6.45) is 0.424. The predicted molar refractivity (Wildman–Crippen MR) is 54.6 cm³/mol. The minimum Gasteiger partial charge on any atom is -0.490 e. The molecule has 1 aromatic carbocycles. The molecule has 1 aromatic rings. The Morgan fingerprint density at radius 2 is 2.27 bits per heavy atom. The standard InChI is InChI=1S/C11H13NO3/c12-11(13)5-8-3-1-2-4-10(8)15-7-9-6-14-9/h1-4,9H,5-7H2,(H2,12,13)/t9-/m0/s1. The van der Waals surface area contributed by atoms with Crippen molar-refractivity contribution in [1.29, 1.82) is 0 Å². The van der Waals surface area contributed by atoms with Gasteiger partial charge in [-0.3, -0.25) is 4.79 Å². The van der Waals surface area contributed by atoms with E-state index in [1.165, 1.54) is 0 Å². The van der Waals surface area contributed by atoms with Crippen LogP contribution in [0.1, 0.15) is 5.56 Å². The molecule has 2 rings (SSSR count). The molecule has 0 unspecified atom stereocenters. The number of rotatable bonds is 5. The Morgan fingerprint density at radius 1 is 1.53 bits per heavy atom. The van der Waals surface area contributed by atoms with Crippen LogP contribution < -0.4 is 10.5 Å². The lowest BCUT2D eigenvalue weighted by molar-refractivity contribution is -0.117. The van der Waals surface area contributed by atoms with Gasteiger partial charge >= 0.3 is 0 Å². The maximum absolute atomic E-state index is 10.8. The molecule has 1 amide bonds. The van der Waals surface area contributed by atoms with E-state index in [9.17, 15) is 4.79 Å². The highest BCUT2D eigenvalue weighted by atomic mass is 16.6. The van der Waals surface area contributed by atoms with E-state index in [1.54, 1.807) is 0 Å². The Morgan fingerprint density at radius 3 is 2.93 bits per heavy atom. The number of para-hydroxylation sites is 1. The number of ether oxygens (including phenoxy) is 2. The van der Waals surface area contributed by atoms with Gasteiger partial charge < -0.3 is 15.2 Å². The van der Waals surface area contributed by atoms with E-state index >= 15 is 0 Å². The van der Waals surface area contributed by atoms with Gasteiger partial charge in [0.1, 0.15) is 18.5 Å². The van der Waals surface area contributed by atoms with Crippen LogP contribution in [0.25, 0.3) is 0 Å². The predicted octanol–water partition coefficient (Wildman–Crippen LogP) is 0.492. The van der Waals surface area contributed by atoms with E-state index in [4.69, 9.17) is 15.2 Å². The van der Waals surface area contributed by atoms with E-state index < -0.39 is 0 Å². The van der Waals surface area contributed by atoms with E-state index in [0.29, 0.717) is 12.4 Å². The Bertz CT molecular complexity index is 361. The molecule has 0 bridgehead atoms. The molecular weight excluding hydrogens is 194 g/mol. The lowest BCUT2D eigenvalue weighted by Gasteiger charge is -2.08. The fraction of sp³-hybridized carbons (Fsp3) is 0.364. The maximum atomic E-state index is 10.8. The Balaban J connectivity index is 2.02. The summed E-state index contributed by atoms with van der Waals surface area (Å²) in [5.74, 6) is 0.362. The first-order valence-electron chi connectivity index (χ1n) is 4.86. The minimum absolute atomic E-state index is 0.210. The molecule has 4 heteroatoms. The lowest BCUT2D eigenvalue weighted by Crippen LogP contribution is -2.15. The normalized spacial score (nSPS) is 18.5. The number of carbonyl (C=O) groups is 1. The molecule has 0 aromatic heterocycles. The third-order valence-electron chi connectivity index (χ3n) is 2.16. The van der Waals surface area contributed by atoms with Gasteiger partial charge in [0.2, 0.25) is 5.91 Å². The Hall–Kier alpha value is -1.55. The third-order valence-corrected chi connectivity index (χ3v) is 2.16. The quantitative estimate of drug-likeness (QED) is 0.715. The molecule has 0 aliphatic carbocycles. The fourth-order valence-corrected chi connectivity index (χ4v) is 1.33. The van der Waals surface area contributed by atoms with Crippen molar-refractivity contribution >= 4 is 5.91 Å². The van der Waals surface area contributed by atoms with Crippen LogP contribution in [0, 0.1) is 0 Å². The van der Waals surface area contributed by atoms with Crippen LogP contribution >= 0.6 is 0 Å². The number of amides is 1. The summed E-state index contributed by atoms with van der Waals surface area (Å²) in [7, 11) is 0. The molecule has 4 nitrogen and oxygen atoms in total. The topological polar surface area (TPSA) is 64.9 Å². The average Bonchev–Trinajstić information content (AvgIpc) is 2.99. The molecule has 1 aliphatic heterocycles. The first kappa shape index (κ1) is 9.98. The van der Waals surface area contributed by atoms with Crippen molar-refractivity contribution in [3.05, 3.63) is 29.8 Å². The minimum atomic E-state index is -0.353. The van der Waals surface area contributed by atoms with Crippen LogP contribution in [-0.4, -0.2) is 25.2 Å². The van der Waals surface area contributed by atoms with Gasteiger partial charge in [-0.2, -0.15) is 0 Å². The van der Waals surface area contributed by atoms with E-state index in [0.717, 1.165) is 12.2 Å². The summed E-state index contributed by atoms with van der Waals surface area (Å²) >= 11 is 0. The van der Waals surface area contributed by atoms with Crippen molar-refractivity contribution in [3.8, 4) is 5.75 Å². The number of hydrogen-bond acceptors (Lipinski definition) is 3. The molecule has 1 aliphatic rings. The largest absolute Gasteiger partial charge is 0.490 e. The monoisotopic (exact) mass is 207 g/mol. The van der Waals surface area contributed by atoms with Crippen molar-refractivity contribution in [2.75, 3.05) is 13.2 Å². The SMILES string of the molecule is NC(=O)Cc1ccccc1OC[C@@H]1CO1. The van der Waals surface area contributed by atoms with Gasteiger partial charge in [-0.25, -0.2) is 0 Å². The summed E-state index contributed by atoms with van der Waals surface area (Å²) in [4.78, 5) is 10.8. The zero-order valence-corrected chi connectivity index (χ0v) is 8.31. The molecule has 80 valence electrons. The van der Waals surface area contributed by atoms with Gasteiger partial charge in [-0.15, -0.1) is 0 Å². The first-order valence-corrected chi connectivity index (χ1v) is 4.86. The molecular formula is C11H13NO3. The van der Waals surface area contributed by atoms with Crippen LogP contribution in [0.4, 0.5) is 0 Å². The average molecular weight is 207 g/mol. The van der Waals surface area contributed by atoms with Gasteiger partial charge in [-0.1, -0.05) is 18.2 Å². The van der Waals surface area contributed by atoms with E-state index in [-0.39, 0.29) is 18.4 Å². The van der Waals surface area contributed by atoms with Crippen molar-refractivity contribution in [1.82, 2.24) is 0 Å². The summed E-state index contributed by atoms with van der Waals surface area (Å²) in [6, 6.07) is 7.40. The number of nitrogens with two attached hydrogens (primary N) is 1. The first-order chi connectivity index (χ1) is 7.25. The van der Waals surface area contributed by atoms with Crippen LogP contribution in [0.5, 0.6) is 5.75 Å². The van der Waals surface area contributed by atoms with E-state index in [1.807, 2.05) is 24.3 Å². The molecule has 1 saturated heterocycles. The second-order valence-corrected chi connectivity index (χ2v) is 3.52. The Labute approximate surface area is 88.0 Å². The second-order valence-electron chi connectivity index (χ2n) is 3.52. The summed E-state index contributed by atoms with van der Waals surface area (Å²) < 4.78 is 10.6. The third kappa shape index (κ3) is 2.95. The zero-order chi connectivity index (χ0) is 10.7. The van der Waals surface area contributed by atoms with Crippen molar-refractivity contribution in [2.24, 2.45) is 5.73 Å². The molecule has 0 radical (unpaired) electrons. The molecule has 0 spiro atoms. The van der Waals surface area contributed by atoms with Gasteiger partial charge in [0.05, 0.1) is 13.0 Å². The van der Waals surface area contributed by atoms with Crippen molar-refractivity contribution in [2.45, 2.75) is 12.5 Å². The highest BCUT2D eigenvalue weighted by Gasteiger charge is 2.23. The number of hydrogen-bond donors (Lipinski definition) is 1. The van der Waals surface area contributed by atoms with E-state index in [2.05, 4.69) is 0 Å². The molecule has 2 N–H and O–H groups in total. The second kappa shape index (κ2) is 4.31. The van der Waals surface area contributed by atoms with Crippen LogP contribution in [0.2, 0.25) is 0 Å². The van der Waals surface area contributed by atoms with Crippen molar-refractivity contribution in [3.63, 3.8) is 0 Å². The summed E-state index contributed by atoms with van der Waals surface area (Å²) in [6.45, 7) is 1.30. The van der Waals surface area contributed by atoms with Crippen molar-refractivity contribution < 1.29 is 14.3 Å². The summed E-state index contributed by atoms with van der Waals surface area (Å²) in [5.41, 5.74) is 5.97. The number of epoxide rings is 1. The molecule has 1 heterocycles. The lowest BCUT2D eigenvalue weighted by atomic mass is 10.1. The Kier molecular flexibility index (Phi) is 2.87. The number of primary amides is 1. The van der Waals surface area contributed by atoms with Gasteiger partial charge in [0, 0.05) is 5.56 Å². The van der Waals surface area contributed by atoms with Gasteiger partial charge in [-0.05, 0) is 6.07 Å².